The Morgan fingerprint density at radius 3 is 2.52 bits per heavy atom. The van der Waals surface area contributed by atoms with Crippen molar-refractivity contribution >= 4 is 10.0 Å². The van der Waals surface area contributed by atoms with Crippen molar-refractivity contribution in [2.45, 2.75) is 17.1 Å². The Morgan fingerprint density at radius 2 is 1.89 bits per heavy atom. The molecule has 2 aromatic rings. The zero-order chi connectivity index (χ0) is 19.5. The number of halogens is 3. The van der Waals surface area contributed by atoms with Gasteiger partial charge < -0.3 is 9.15 Å². The topological polar surface area (TPSA) is 71.8 Å². The van der Waals surface area contributed by atoms with Crippen LogP contribution < -0.4 is 4.72 Å². The predicted molar refractivity (Wildman–Crippen MR) is 90.5 cm³/mol. The summed E-state index contributed by atoms with van der Waals surface area (Å²) >= 11 is 0. The van der Waals surface area contributed by atoms with Gasteiger partial charge in [0.25, 0.3) is 0 Å². The van der Waals surface area contributed by atoms with E-state index in [2.05, 4.69) is 4.72 Å². The van der Waals surface area contributed by atoms with Gasteiger partial charge in [0.15, 0.2) is 0 Å². The van der Waals surface area contributed by atoms with E-state index in [0.29, 0.717) is 38.1 Å². The van der Waals surface area contributed by atoms with Gasteiger partial charge >= 0.3 is 6.18 Å². The lowest BCUT2D eigenvalue weighted by atomic mass is 10.2. The predicted octanol–water partition coefficient (Wildman–Crippen LogP) is 2.65. The van der Waals surface area contributed by atoms with E-state index in [1.54, 1.807) is 12.1 Å². The third kappa shape index (κ3) is 4.89. The molecule has 0 amide bonds. The Morgan fingerprint density at radius 1 is 1.15 bits per heavy atom. The number of ether oxygens (including phenoxy) is 1. The van der Waals surface area contributed by atoms with Gasteiger partial charge in [-0.1, -0.05) is 6.07 Å². The van der Waals surface area contributed by atoms with Crippen LogP contribution >= 0.6 is 0 Å². The molecule has 0 spiro atoms. The lowest BCUT2D eigenvalue weighted by Crippen LogP contribution is -2.43. The molecule has 10 heteroatoms. The van der Waals surface area contributed by atoms with Gasteiger partial charge in [-0.05, 0) is 30.3 Å². The molecule has 2 heterocycles. The van der Waals surface area contributed by atoms with Crippen LogP contribution in [-0.2, 0) is 20.9 Å². The Balaban J connectivity index is 1.78. The molecule has 1 atom stereocenters. The maximum Gasteiger partial charge on any atom is 0.416 e. The highest BCUT2D eigenvalue weighted by molar-refractivity contribution is 7.89. The fraction of sp³-hybridized carbons (Fsp3) is 0.412. The average molecular weight is 404 g/mol. The summed E-state index contributed by atoms with van der Waals surface area (Å²) in [7, 11) is -4.12. The number of hydrogen-bond donors (Lipinski definition) is 1. The van der Waals surface area contributed by atoms with Gasteiger partial charge in [0.2, 0.25) is 10.0 Å². The molecule has 0 radical (unpaired) electrons. The van der Waals surface area contributed by atoms with Crippen LogP contribution in [0.4, 0.5) is 13.2 Å². The Kier molecular flexibility index (Phi) is 5.89. The standard InChI is InChI=1S/C17H19F3N2O4S/c18-17(19,20)13-3-1-4-14(11-13)27(23,24)21-12-15(16-5-2-8-26-16)22-6-9-25-10-7-22/h1-5,8,11,15,21H,6-7,9-10,12H2. The normalized spacial score (nSPS) is 17.7. The molecule has 1 unspecified atom stereocenters. The van der Waals surface area contributed by atoms with E-state index in [9.17, 15) is 21.6 Å². The first kappa shape index (κ1) is 19.9. The van der Waals surface area contributed by atoms with Gasteiger partial charge in [0.1, 0.15) is 5.76 Å². The second-order valence-electron chi connectivity index (χ2n) is 6.06. The van der Waals surface area contributed by atoms with E-state index in [-0.39, 0.29) is 12.6 Å². The number of benzene rings is 1. The number of nitrogens with zero attached hydrogens (tertiary/aromatic N) is 1. The smallest absolute Gasteiger partial charge is 0.416 e. The van der Waals surface area contributed by atoms with Crippen LogP contribution in [0.1, 0.15) is 17.4 Å². The lowest BCUT2D eigenvalue weighted by Gasteiger charge is -2.33. The summed E-state index contributed by atoms with van der Waals surface area (Å²) in [5.74, 6) is 0.573. The quantitative estimate of drug-likeness (QED) is 0.802. The molecule has 0 bridgehead atoms. The zero-order valence-electron chi connectivity index (χ0n) is 14.3. The first-order valence-corrected chi connectivity index (χ1v) is 9.78. The third-order valence-corrected chi connectivity index (χ3v) is 5.72. The van der Waals surface area contributed by atoms with Crippen LogP contribution in [0, 0.1) is 0 Å². The van der Waals surface area contributed by atoms with Crippen molar-refractivity contribution in [3.63, 3.8) is 0 Å². The molecular formula is C17H19F3N2O4S. The summed E-state index contributed by atoms with van der Waals surface area (Å²) in [5, 5.41) is 0. The molecule has 1 aromatic heterocycles. The summed E-state index contributed by atoms with van der Waals surface area (Å²) in [4.78, 5) is 1.58. The van der Waals surface area contributed by atoms with E-state index in [1.807, 2.05) is 4.90 Å². The summed E-state index contributed by atoms with van der Waals surface area (Å²) in [6.45, 7) is 2.18. The van der Waals surface area contributed by atoms with Gasteiger partial charge in [-0.15, -0.1) is 0 Å². The average Bonchev–Trinajstić information content (AvgIpc) is 3.16. The second-order valence-corrected chi connectivity index (χ2v) is 7.82. The van der Waals surface area contributed by atoms with Crippen molar-refractivity contribution in [1.82, 2.24) is 9.62 Å². The van der Waals surface area contributed by atoms with Crippen molar-refractivity contribution in [2.24, 2.45) is 0 Å². The monoisotopic (exact) mass is 404 g/mol. The highest BCUT2D eigenvalue weighted by Gasteiger charge is 2.32. The van der Waals surface area contributed by atoms with E-state index in [1.165, 1.54) is 6.26 Å². The van der Waals surface area contributed by atoms with Crippen LogP contribution in [-0.4, -0.2) is 46.2 Å². The van der Waals surface area contributed by atoms with E-state index in [4.69, 9.17) is 9.15 Å². The second kappa shape index (κ2) is 8.01. The molecule has 1 aromatic carbocycles. The van der Waals surface area contributed by atoms with Crippen molar-refractivity contribution in [2.75, 3.05) is 32.8 Å². The Hall–Kier alpha value is -1.88. The maximum absolute atomic E-state index is 12.9. The molecule has 1 aliphatic rings. The van der Waals surface area contributed by atoms with Gasteiger partial charge in [0.05, 0.1) is 36.0 Å². The molecule has 1 saturated heterocycles. The van der Waals surface area contributed by atoms with Crippen LogP contribution in [0.5, 0.6) is 0 Å². The van der Waals surface area contributed by atoms with E-state index < -0.39 is 26.7 Å². The summed E-state index contributed by atoms with van der Waals surface area (Å²) in [5.41, 5.74) is -1.01. The molecule has 1 N–H and O–H groups in total. The Labute approximate surface area is 155 Å². The largest absolute Gasteiger partial charge is 0.468 e. The molecule has 3 rings (SSSR count). The number of hydrogen-bond acceptors (Lipinski definition) is 5. The van der Waals surface area contributed by atoms with Crippen molar-refractivity contribution < 1.29 is 30.7 Å². The number of furan rings is 1. The molecule has 1 aliphatic heterocycles. The van der Waals surface area contributed by atoms with Crippen LogP contribution in [0.2, 0.25) is 0 Å². The first-order chi connectivity index (χ1) is 12.8. The summed E-state index contributed by atoms with van der Waals surface area (Å²) in [6.07, 6.45) is -3.12. The minimum Gasteiger partial charge on any atom is -0.468 e. The van der Waals surface area contributed by atoms with Gasteiger partial charge in [-0.2, -0.15) is 13.2 Å². The van der Waals surface area contributed by atoms with Crippen LogP contribution in [0.3, 0.4) is 0 Å². The van der Waals surface area contributed by atoms with Crippen LogP contribution in [0.15, 0.2) is 52.0 Å². The number of morpholine rings is 1. The van der Waals surface area contributed by atoms with E-state index in [0.717, 1.165) is 18.2 Å². The SMILES string of the molecule is O=S(=O)(NCC(c1ccco1)N1CCOCC1)c1cccc(C(F)(F)F)c1. The van der Waals surface area contributed by atoms with Gasteiger partial charge in [-0.25, -0.2) is 13.1 Å². The maximum atomic E-state index is 12.9. The van der Waals surface area contributed by atoms with Crippen LogP contribution in [0.25, 0.3) is 0 Å². The number of sulfonamides is 1. The minimum absolute atomic E-state index is 0.0356. The molecule has 1 fully saturated rings. The number of alkyl halides is 3. The molecule has 27 heavy (non-hydrogen) atoms. The first-order valence-electron chi connectivity index (χ1n) is 8.29. The molecule has 6 nitrogen and oxygen atoms in total. The van der Waals surface area contributed by atoms with Crippen molar-refractivity contribution in [1.29, 1.82) is 0 Å². The van der Waals surface area contributed by atoms with Gasteiger partial charge in [0, 0.05) is 19.6 Å². The highest BCUT2D eigenvalue weighted by atomic mass is 32.2. The number of nitrogens with one attached hydrogen (secondary N) is 1. The zero-order valence-corrected chi connectivity index (χ0v) is 15.1. The fourth-order valence-electron chi connectivity index (χ4n) is 2.89. The highest BCUT2D eigenvalue weighted by Crippen LogP contribution is 2.30. The van der Waals surface area contributed by atoms with Crippen molar-refractivity contribution in [3.8, 4) is 0 Å². The summed E-state index contributed by atoms with van der Waals surface area (Å²) < 4.78 is 76.7. The lowest BCUT2D eigenvalue weighted by molar-refractivity contribution is -0.137. The van der Waals surface area contributed by atoms with E-state index >= 15 is 0 Å². The molecule has 0 aliphatic carbocycles. The summed E-state index contributed by atoms with van der Waals surface area (Å²) in [6, 6.07) is 6.71. The fourth-order valence-corrected chi connectivity index (χ4v) is 3.98. The van der Waals surface area contributed by atoms with Gasteiger partial charge in [-0.3, -0.25) is 4.90 Å². The number of rotatable bonds is 6. The third-order valence-electron chi connectivity index (χ3n) is 4.30. The van der Waals surface area contributed by atoms with Crippen molar-refractivity contribution in [3.05, 3.63) is 54.0 Å². The molecular weight excluding hydrogens is 385 g/mol. The Bertz CT molecular complexity index is 847. The minimum atomic E-state index is -4.62. The molecule has 148 valence electrons. The molecule has 0 saturated carbocycles.